The number of aromatic nitrogens is 1. The van der Waals surface area contributed by atoms with Gasteiger partial charge in [0.05, 0.1) is 19.2 Å². The zero-order valence-electron chi connectivity index (χ0n) is 9.77. The van der Waals surface area contributed by atoms with E-state index in [1.807, 2.05) is 31.2 Å². The number of rotatable bonds is 3. The summed E-state index contributed by atoms with van der Waals surface area (Å²) in [5.41, 5.74) is 1.06. The molecule has 0 spiro atoms. The van der Waals surface area contributed by atoms with Crippen molar-refractivity contribution in [2.45, 2.75) is 6.92 Å². The summed E-state index contributed by atoms with van der Waals surface area (Å²) in [6.45, 7) is 2.56. The number of esters is 1. The van der Waals surface area contributed by atoms with Crippen LogP contribution in [0, 0.1) is 0 Å². The van der Waals surface area contributed by atoms with E-state index in [1.54, 1.807) is 6.07 Å². The molecule has 0 fully saturated rings. The van der Waals surface area contributed by atoms with E-state index in [1.165, 1.54) is 7.11 Å². The van der Waals surface area contributed by atoms with Crippen LogP contribution in [0.1, 0.15) is 17.4 Å². The SMILES string of the molecule is CCOc1ccc2nc(C(=O)OC)ccc2c1. The lowest BCUT2D eigenvalue weighted by Gasteiger charge is -2.05. The molecule has 0 atom stereocenters. The van der Waals surface area contributed by atoms with Crippen LogP contribution in [0.2, 0.25) is 0 Å². The highest BCUT2D eigenvalue weighted by molar-refractivity contribution is 5.91. The van der Waals surface area contributed by atoms with Crippen molar-refractivity contribution in [3.05, 3.63) is 36.0 Å². The normalized spacial score (nSPS) is 10.2. The Morgan fingerprint density at radius 3 is 2.82 bits per heavy atom. The Labute approximate surface area is 99.2 Å². The fourth-order valence-electron chi connectivity index (χ4n) is 1.58. The van der Waals surface area contributed by atoms with Crippen molar-refractivity contribution in [3.63, 3.8) is 0 Å². The van der Waals surface area contributed by atoms with E-state index in [-0.39, 0.29) is 0 Å². The second-order valence-electron chi connectivity index (χ2n) is 3.48. The number of ether oxygens (including phenoxy) is 2. The van der Waals surface area contributed by atoms with Gasteiger partial charge in [-0.2, -0.15) is 0 Å². The molecule has 0 aliphatic carbocycles. The lowest BCUT2D eigenvalue weighted by atomic mass is 10.2. The van der Waals surface area contributed by atoms with E-state index in [9.17, 15) is 4.79 Å². The molecule has 2 rings (SSSR count). The molecule has 17 heavy (non-hydrogen) atoms. The third-order valence-corrected chi connectivity index (χ3v) is 2.37. The van der Waals surface area contributed by atoms with Crippen molar-refractivity contribution in [2.24, 2.45) is 0 Å². The zero-order valence-corrected chi connectivity index (χ0v) is 9.77. The number of hydrogen-bond acceptors (Lipinski definition) is 4. The number of carbonyl (C=O) groups excluding carboxylic acids is 1. The van der Waals surface area contributed by atoms with Crippen molar-refractivity contribution < 1.29 is 14.3 Å². The molecule has 0 bridgehead atoms. The van der Waals surface area contributed by atoms with Crippen molar-refractivity contribution in [2.75, 3.05) is 13.7 Å². The van der Waals surface area contributed by atoms with Gasteiger partial charge >= 0.3 is 5.97 Å². The number of pyridine rings is 1. The maximum Gasteiger partial charge on any atom is 0.356 e. The summed E-state index contributed by atoms with van der Waals surface area (Å²) in [4.78, 5) is 15.5. The first kappa shape index (κ1) is 11.4. The van der Waals surface area contributed by atoms with Crippen molar-refractivity contribution in [1.82, 2.24) is 4.98 Å². The minimum atomic E-state index is -0.430. The number of carbonyl (C=O) groups is 1. The van der Waals surface area contributed by atoms with Crippen molar-refractivity contribution in [3.8, 4) is 5.75 Å². The molecular weight excluding hydrogens is 218 g/mol. The quantitative estimate of drug-likeness (QED) is 0.761. The highest BCUT2D eigenvalue weighted by Gasteiger charge is 2.07. The van der Waals surface area contributed by atoms with Crippen LogP contribution in [0.4, 0.5) is 0 Å². The van der Waals surface area contributed by atoms with Gasteiger partial charge in [-0.3, -0.25) is 0 Å². The number of benzene rings is 1. The molecule has 1 heterocycles. The van der Waals surface area contributed by atoms with E-state index in [0.29, 0.717) is 12.3 Å². The molecule has 4 nitrogen and oxygen atoms in total. The zero-order chi connectivity index (χ0) is 12.3. The minimum absolute atomic E-state index is 0.309. The highest BCUT2D eigenvalue weighted by atomic mass is 16.5. The summed E-state index contributed by atoms with van der Waals surface area (Å²) in [5, 5.41) is 0.934. The predicted octanol–water partition coefficient (Wildman–Crippen LogP) is 2.42. The molecule has 2 aromatic rings. The lowest BCUT2D eigenvalue weighted by molar-refractivity contribution is 0.0594. The first-order chi connectivity index (χ1) is 8.24. The predicted molar refractivity (Wildman–Crippen MR) is 64.3 cm³/mol. The summed E-state index contributed by atoms with van der Waals surface area (Å²) < 4.78 is 10.0. The molecule has 0 aliphatic rings. The first-order valence-corrected chi connectivity index (χ1v) is 5.36. The van der Waals surface area contributed by atoms with E-state index in [0.717, 1.165) is 16.7 Å². The van der Waals surface area contributed by atoms with Gasteiger partial charge in [0.2, 0.25) is 0 Å². The topological polar surface area (TPSA) is 48.4 Å². The Bertz CT molecular complexity index is 551. The fourth-order valence-corrected chi connectivity index (χ4v) is 1.58. The third kappa shape index (κ3) is 2.36. The smallest absolute Gasteiger partial charge is 0.356 e. The molecule has 1 aromatic heterocycles. The van der Waals surface area contributed by atoms with Gasteiger partial charge in [0.1, 0.15) is 11.4 Å². The van der Waals surface area contributed by atoms with Crippen molar-refractivity contribution in [1.29, 1.82) is 0 Å². The molecule has 1 aromatic carbocycles. The number of methoxy groups -OCH3 is 1. The van der Waals surface area contributed by atoms with Crippen LogP contribution < -0.4 is 4.74 Å². The van der Waals surface area contributed by atoms with Gasteiger partial charge in [-0.25, -0.2) is 9.78 Å². The molecule has 88 valence electrons. The third-order valence-electron chi connectivity index (χ3n) is 2.37. The standard InChI is InChI=1S/C13H13NO3/c1-3-17-10-5-7-11-9(8-10)4-6-12(14-11)13(15)16-2/h4-8H,3H2,1-2H3. The maximum atomic E-state index is 11.3. The van der Waals surface area contributed by atoms with Crippen LogP contribution in [0.25, 0.3) is 10.9 Å². The number of hydrogen-bond donors (Lipinski definition) is 0. The first-order valence-electron chi connectivity index (χ1n) is 5.36. The second kappa shape index (κ2) is 4.82. The van der Waals surface area contributed by atoms with Gasteiger partial charge in [-0.15, -0.1) is 0 Å². The van der Waals surface area contributed by atoms with Gasteiger partial charge < -0.3 is 9.47 Å². The molecule has 4 heteroatoms. The molecule has 0 saturated heterocycles. The number of nitrogens with zero attached hydrogens (tertiary/aromatic N) is 1. The van der Waals surface area contributed by atoms with Gasteiger partial charge in [0, 0.05) is 5.39 Å². The van der Waals surface area contributed by atoms with E-state index in [4.69, 9.17) is 4.74 Å². The van der Waals surface area contributed by atoms with Gasteiger partial charge in [-0.05, 0) is 31.2 Å². The fraction of sp³-hybridized carbons (Fsp3) is 0.231. The van der Waals surface area contributed by atoms with Crippen molar-refractivity contribution >= 4 is 16.9 Å². The Kier molecular flexibility index (Phi) is 3.23. The monoisotopic (exact) mass is 231 g/mol. The van der Waals surface area contributed by atoms with Crippen LogP contribution in [0.3, 0.4) is 0 Å². The highest BCUT2D eigenvalue weighted by Crippen LogP contribution is 2.20. The maximum absolute atomic E-state index is 11.3. The van der Waals surface area contributed by atoms with E-state index < -0.39 is 5.97 Å². The Morgan fingerprint density at radius 2 is 2.12 bits per heavy atom. The Balaban J connectivity index is 2.43. The second-order valence-corrected chi connectivity index (χ2v) is 3.48. The Morgan fingerprint density at radius 1 is 1.29 bits per heavy atom. The van der Waals surface area contributed by atoms with Gasteiger partial charge in [0.15, 0.2) is 0 Å². The van der Waals surface area contributed by atoms with Gasteiger partial charge in [0.25, 0.3) is 0 Å². The summed E-state index contributed by atoms with van der Waals surface area (Å²) >= 11 is 0. The van der Waals surface area contributed by atoms with E-state index in [2.05, 4.69) is 9.72 Å². The number of fused-ring (bicyclic) bond motifs is 1. The summed E-state index contributed by atoms with van der Waals surface area (Å²) in [6, 6.07) is 9.03. The molecule has 0 radical (unpaired) electrons. The van der Waals surface area contributed by atoms with Crippen LogP contribution in [-0.2, 0) is 4.74 Å². The van der Waals surface area contributed by atoms with Gasteiger partial charge in [-0.1, -0.05) is 6.07 Å². The molecule has 0 amide bonds. The van der Waals surface area contributed by atoms with Crippen LogP contribution >= 0.6 is 0 Å². The summed E-state index contributed by atoms with van der Waals surface area (Å²) in [7, 11) is 1.34. The molecule has 0 saturated carbocycles. The minimum Gasteiger partial charge on any atom is -0.494 e. The average molecular weight is 231 g/mol. The molecule has 0 unspecified atom stereocenters. The van der Waals surface area contributed by atoms with Crippen LogP contribution in [-0.4, -0.2) is 24.7 Å². The average Bonchev–Trinajstić information content (AvgIpc) is 2.37. The van der Waals surface area contributed by atoms with Crippen LogP contribution in [0.15, 0.2) is 30.3 Å². The molecule has 0 N–H and O–H groups in total. The summed E-state index contributed by atoms with van der Waals surface area (Å²) in [6.07, 6.45) is 0. The summed E-state index contributed by atoms with van der Waals surface area (Å²) in [5.74, 6) is 0.369. The van der Waals surface area contributed by atoms with E-state index >= 15 is 0 Å². The van der Waals surface area contributed by atoms with Crippen LogP contribution in [0.5, 0.6) is 5.75 Å². The Hall–Kier alpha value is -2.10. The largest absolute Gasteiger partial charge is 0.494 e. The lowest BCUT2D eigenvalue weighted by Crippen LogP contribution is -2.03. The molecule has 0 aliphatic heterocycles. The molecular formula is C13H13NO3.